The number of alkyl halides is 1. The van der Waals surface area contributed by atoms with Crippen LogP contribution in [0.25, 0.3) is 11.3 Å². The molecule has 204 valence electrons. The molecule has 11 nitrogen and oxygen atoms in total. The van der Waals surface area contributed by atoms with Gasteiger partial charge in [0.25, 0.3) is 11.6 Å². The summed E-state index contributed by atoms with van der Waals surface area (Å²) in [5.41, 5.74) is 7.65. The smallest absolute Gasteiger partial charge is 0.269 e. The second-order valence-corrected chi connectivity index (χ2v) is 10.9. The van der Waals surface area contributed by atoms with Crippen LogP contribution in [0.4, 0.5) is 11.4 Å². The minimum atomic E-state index is -0.590. The monoisotopic (exact) mass is 650 g/mol. The first kappa shape index (κ1) is 26.3. The number of non-ortho nitro benzene ring substituents is 1. The largest absolute Gasteiger partial charge is 0.281 e. The number of carbonyl (C=O) groups is 1. The zero-order chi connectivity index (χ0) is 27.6. The molecule has 40 heavy (non-hydrogen) atoms. The fraction of sp³-hybridized carbons (Fsp3) is 0.250. The van der Waals surface area contributed by atoms with E-state index in [-0.39, 0.29) is 15.6 Å². The SMILES string of the molecule is O=C(NN1C(I)c2[nH]nc(-c3ccccc3)c2N(N2CCCCC2)C1c1cccc([N+](=O)[O-])c1)c1cccnc1. The number of hydrazine groups is 2. The second kappa shape index (κ2) is 11.3. The molecule has 0 radical (unpaired) electrons. The first-order valence-electron chi connectivity index (χ1n) is 13.1. The summed E-state index contributed by atoms with van der Waals surface area (Å²) >= 11 is 2.29. The van der Waals surface area contributed by atoms with Crippen LogP contribution < -0.4 is 10.4 Å². The first-order chi connectivity index (χ1) is 19.5. The topological polar surface area (TPSA) is 124 Å². The number of halogens is 1. The van der Waals surface area contributed by atoms with E-state index in [1.54, 1.807) is 30.5 Å². The lowest BCUT2D eigenvalue weighted by atomic mass is 10.0. The Kier molecular flexibility index (Phi) is 7.45. The molecule has 0 spiro atoms. The summed E-state index contributed by atoms with van der Waals surface area (Å²) in [5.74, 6) is -0.324. The van der Waals surface area contributed by atoms with Crippen molar-refractivity contribution in [2.75, 3.05) is 18.1 Å². The highest BCUT2D eigenvalue weighted by Crippen LogP contribution is 2.50. The maximum absolute atomic E-state index is 13.5. The van der Waals surface area contributed by atoms with Crippen molar-refractivity contribution < 1.29 is 9.72 Å². The minimum absolute atomic E-state index is 0.0130. The minimum Gasteiger partial charge on any atom is -0.281 e. The zero-order valence-corrected chi connectivity index (χ0v) is 23.6. The number of H-pyrrole nitrogens is 1. The van der Waals surface area contributed by atoms with Gasteiger partial charge in [-0.05, 0) is 30.5 Å². The van der Waals surface area contributed by atoms with Crippen LogP contribution in [0.15, 0.2) is 79.1 Å². The van der Waals surface area contributed by atoms with Gasteiger partial charge in [-0.1, -0.05) is 71.5 Å². The number of nitrogens with one attached hydrogen (secondary N) is 2. The van der Waals surface area contributed by atoms with Gasteiger partial charge in [0.2, 0.25) is 0 Å². The Balaban J connectivity index is 1.54. The third kappa shape index (κ3) is 4.93. The molecule has 1 amide bonds. The van der Waals surface area contributed by atoms with Crippen molar-refractivity contribution in [1.29, 1.82) is 0 Å². The Labute approximate surface area is 244 Å². The molecule has 0 bridgehead atoms. The number of amides is 1. The van der Waals surface area contributed by atoms with E-state index in [9.17, 15) is 14.9 Å². The Morgan fingerprint density at radius 1 is 1.05 bits per heavy atom. The van der Waals surface area contributed by atoms with Gasteiger partial charge in [0, 0.05) is 43.2 Å². The van der Waals surface area contributed by atoms with Gasteiger partial charge in [0.05, 0.1) is 16.2 Å². The van der Waals surface area contributed by atoms with E-state index in [4.69, 9.17) is 5.10 Å². The van der Waals surface area contributed by atoms with Crippen LogP contribution in [-0.2, 0) is 0 Å². The van der Waals surface area contributed by atoms with E-state index in [0.29, 0.717) is 11.1 Å². The van der Waals surface area contributed by atoms with Crippen molar-refractivity contribution in [3.63, 3.8) is 0 Å². The molecule has 1 fully saturated rings. The fourth-order valence-corrected chi connectivity index (χ4v) is 6.21. The van der Waals surface area contributed by atoms with Crippen LogP contribution in [0.1, 0.15) is 51.1 Å². The van der Waals surface area contributed by atoms with E-state index in [0.717, 1.165) is 55.0 Å². The summed E-state index contributed by atoms with van der Waals surface area (Å²) in [5, 5.41) is 26.1. The molecule has 2 aliphatic heterocycles. The van der Waals surface area contributed by atoms with E-state index >= 15 is 0 Å². The van der Waals surface area contributed by atoms with Gasteiger partial charge >= 0.3 is 0 Å². The molecule has 2 N–H and O–H groups in total. The summed E-state index contributed by atoms with van der Waals surface area (Å²) in [6.07, 6.45) is 5.70. The molecule has 2 aromatic heterocycles. The lowest BCUT2D eigenvalue weighted by Crippen LogP contribution is -2.59. The van der Waals surface area contributed by atoms with Crippen LogP contribution in [0.2, 0.25) is 0 Å². The highest BCUT2D eigenvalue weighted by Gasteiger charge is 2.46. The quantitative estimate of drug-likeness (QED) is 0.0938. The maximum atomic E-state index is 13.5. The molecule has 6 rings (SSSR count). The van der Waals surface area contributed by atoms with Crippen molar-refractivity contribution in [3.05, 3.63) is 106 Å². The Bertz CT molecular complexity index is 1510. The molecule has 2 aromatic carbocycles. The van der Waals surface area contributed by atoms with Gasteiger partial charge in [0.1, 0.15) is 21.6 Å². The average molecular weight is 650 g/mol. The molecule has 1 saturated heterocycles. The lowest BCUT2D eigenvalue weighted by molar-refractivity contribution is -0.385. The number of nitrogens with zero attached hydrogens (tertiary/aromatic N) is 6. The highest BCUT2D eigenvalue weighted by molar-refractivity contribution is 14.1. The Morgan fingerprint density at radius 3 is 2.58 bits per heavy atom. The third-order valence-corrected chi connectivity index (χ3v) is 8.42. The summed E-state index contributed by atoms with van der Waals surface area (Å²) in [7, 11) is 0. The number of hydrogen-bond donors (Lipinski definition) is 2. The number of nitro groups is 1. The third-order valence-electron chi connectivity index (χ3n) is 7.19. The number of aromatic amines is 1. The molecular weight excluding hydrogens is 623 g/mol. The normalized spacial score (nSPS) is 19.7. The van der Waals surface area contributed by atoms with Crippen molar-refractivity contribution in [1.82, 2.24) is 30.6 Å². The Morgan fingerprint density at radius 2 is 1.85 bits per heavy atom. The van der Waals surface area contributed by atoms with Crippen molar-refractivity contribution >= 4 is 39.9 Å². The van der Waals surface area contributed by atoms with Crippen molar-refractivity contribution in [2.45, 2.75) is 29.5 Å². The van der Waals surface area contributed by atoms with Crippen LogP contribution >= 0.6 is 22.6 Å². The summed E-state index contributed by atoms with van der Waals surface area (Å²) < 4.78 is -0.372. The highest BCUT2D eigenvalue weighted by atomic mass is 127. The van der Waals surface area contributed by atoms with E-state index < -0.39 is 11.1 Å². The number of anilines is 1. The molecule has 4 aromatic rings. The van der Waals surface area contributed by atoms with Gasteiger partial charge in [0.15, 0.2) is 0 Å². The number of carbonyl (C=O) groups excluding carboxylic acids is 1. The molecule has 2 atom stereocenters. The predicted molar refractivity (Wildman–Crippen MR) is 158 cm³/mol. The predicted octanol–water partition coefficient (Wildman–Crippen LogP) is 5.38. The van der Waals surface area contributed by atoms with E-state index in [2.05, 4.69) is 48.1 Å². The molecule has 0 saturated carbocycles. The number of piperidine rings is 1. The zero-order valence-electron chi connectivity index (χ0n) is 21.5. The van der Waals surface area contributed by atoms with Crippen LogP contribution in [0.3, 0.4) is 0 Å². The van der Waals surface area contributed by atoms with Gasteiger partial charge in [-0.3, -0.25) is 35.4 Å². The van der Waals surface area contributed by atoms with E-state index in [1.807, 2.05) is 41.4 Å². The average Bonchev–Trinajstić information content (AvgIpc) is 3.45. The van der Waals surface area contributed by atoms with Crippen LogP contribution in [-0.4, -0.2) is 49.1 Å². The molecule has 2 unspecified atom stereocenters. The van der Waals surface area contributed by atoms with E-state index in [1.165, 1.54) is 12.3 Å². The van der Waals surface area contributed by atoms with Crippen LogP contribution in [0.5, 0.6) is 0 Å². The van der Waals surface area contributed by atoms with Crippen LogP contribution in [0, 0.1) is 10.1 Å². The number of nitro benzene ring substituents is 1. The summed E-state index contributed by atoms with van der Waals surface area (Å²) in [4.78, 5) is 29.0. The summed E-state index contributed by atoms with van der Waals surface area (Å²) in [6.45, 7) is 1.61. The maximum Gasteiger partial charge on any atom is 0.269 e. The van der Waals surface area contributed by atoms with Crippen molar-refractivity contribution in [3.8, 4) is 11.3 Å². The number of fused-ring (bicyclic) bond motifs is 1. The van der Waals surface area contributed by atoms with Gasteiger partial charge in [-0.25, -0.2) is 5.01 Å². The van der Waals surface area contributed by atoms with Gasteiger partial charge < -0.3 is 0 Å². The van der Waals surface area contributed by atoms with Crippen molar-refractivity contribution in [2.24, 2.45) is 0 Å². The standard InChI is InChI=1S/C28H27IN8O3/c29-26-24-25(23(31-32-24)19-9-3-1-4-10-19)36(34-15-5-2-6-16-34)28(20-11-7-13-22(17-20)37(39)40)35(26)33-27(38)21-12-8-14-30-18-21/h1,3-4,7-14,17-18,26,28H,2,5-6,15-16H2,(H,31,32)(H,33,38). The molecular formula is C28H27IN8O3. The fourth-order valence-electron chi connectivity index (χ4n) is 5.33. The Hall–Kier alpha value is -3.88. The summed E-state index contributed by atoms with van der Waals surface area (Å²) in [6, 6.07) is 20.0. The number of hydrogen-bond acceptors (Lipinski definition) is 8. The number of benzene rings is 2. The molecule has 0 aliphatic carbocycles. The number of pyridine rings is 1. The lowest BCUT2D eigenvalue weighted by Gasteiger charge is -2.51. The van der Waals surface area contributed by atoms with Gasteiger partial charge in [-0.15, -0.1) is 0 Å². The number of rotatable bonds is 6. The molecule has 2 aliphatic rings. The number of aromatic nitrogens is 3. The second-order valence-electron chi connectivity index (χ2n) is 9.71. The van der Waals surface area contributed by atoms with Gasteiger partial charge in [-0.2, -0.15) is 10.1 Å². The molecule has 4 heterocycles. The molecule has 12 heteroatoms. The first-order valence-corrected chi connectivity index (χ1v) is 14.3.